The number of rotatable bonds is 8. The van der Waals surface area contributed by atoms with E-state index in [-0.39, 0.29) is 5.41 Å². The van der Waals surface area contributed by atoms with Gasteiger partial charge >= 0.3 is 0 Å². The Hall–Kier alpha value is -0.300. The molecule has 0 amide bonds. The van der Waals surface area contributed by atoms with Gasteiger partial charge < -0.3 is 5.32 Å². The molecule has 0 aromatic heterocycles. The fourth-order valence-electron chi connectivity index (χ4n) is 2.03. The summed E-state index contributed by atoms with van der Waals surface area (Å²) in [5, 5.41) is 3.42. The van der Waals surface area contributed by atoms with Crippen LogP contribution in [0.1, 0.15) is 47.0 Å². The van der Waals surface area contributed by atoms with Gasteiger partial charge in [-0.3, -0.25) is 0 Å². The zero-order valence-corrected chi connectivity index (χ0v) is 10.4. The van der Waals surface area contributed by atoms with Crippen molar-refractivity contribution >= 4 is 0 Å². The Morgan fingerprint density at radius 3 is 2.50 bits per heavy atom. The zero-order valence-electron chi connectivity index (χ0n) is 10.4. The van der Waals surface area contributed by atoms with Crippen molar-refractivity contribution in [2.24, 2.45) is 11.3 Å². The van der Waals surface area contributed by atoms with Crippen LogP contribution in [0.2, 0.25) is 0 Å². The third kappa shape index (κ3) is 5.43. The molecule has 0 aromatic rings. The van der Waals surface area contributed by atoms with Crippen molar-refractivity contribution in [3.8, 4) is 0 Å². The fraction of sp³-hybridized carbons (Fsp3) is 0.846. The minimum atomic E-state index is 0.268. The first-order valence-corrected chi connectivity index (χ1v) is 5.92. The van der Waals surface area contributed by atoms with Crippen LogP contribution in [0, 0.1) is 11.3 Å². The summed E-state index contributed by atoms with van der Waals surface area (Å²) in [7, 11) is 0. The van der Waals surface area contributed by atoms with Crippen LogP contribution in [-0.4, -0.2) is 13.1 Å². The second-order valence-electron chi connectivity index (χ2n) is 4.74. The molecule has 0 bridgehead atoms. The van der Waals surface area contributed by atoms with E-state index in [0.717, 1.165) is 19.0 Å². The van der Waals surface area contributed by atoms with Gasteiger partial charge in [-0.2, -0.15) is 0 Å². The molecule has 0 fully saturated rings. The Balaban J connectivity index is 4.02. The van der Waals surface area contributed by atoms with Crippen LogP contribution < -0.4 is 5.32 Å². The smallest absolute Gasteiger partial charge is 0.00397 e. The van der Waals surface area contributed by atoms with Crippen LogP contribution in [0.25, 0.3) is 0 Å². The molecule has 0 heterocycles. The molecule has 1 heteroatoms. The molecular formula is C13H27N. The number of hydrogen-bond acceptors (Lipinski definition) is 1. The van der Waals surface area contributed by atoms with Gasteiger partial charge in [0.2, 0.25) is 0 Å². The van der Waals surface area contributed by atoms with Crippen molar-refractivity contribution in [2.75, 3.05) is 13.1 Å². The Labute approximate surface area is 90.0 Å². The molecule has 0 spiro atoms. The Morgan fingerprint density at radius 1 is 1.43 bits per heavy atom. The van der Waals surface area contributed by atoms with Crippen LogP contribution in [0.4, 0.5) is 0 Å². The highest BCUT2D eigenvalue weighted by atomic mass is 14.9. The summed E-state index contributed by atoms with van der Waals surface area (Å²) in [5.41, 5.74) is 0.268. The third-order valence-electron chi connectivity index (χ3n) is 2.87. The SMILES string of the molecule is C=CC(C)(CNCC)CC(C)CCC. The van der Waals surface area contributed by atoms with E-state index in [4.69, 9.17) is 0 Å². The van der Waals surface area contributed by atoms with Gasteiger partial charge in [0.15, 0.2) is 0 Å². The summed E-state index contributed by atoms with van der Waals surface area (Å²) < 4.78 is 0. The molecule has 2 atom stereocenters. The van der Waals surface area contributed by atoms with Gasteiger partial charge in [0.05, 0.1) is 0 Å². The molecule has 0 saturated carbocycles. The second kappa shape index (κ2) is 7.05. The normalized spacial score (nSPS) is 17.4. The Bertz CT molecular complexity index is 153. The second-order valence-corrected chi connectivity index (χ2v) is 4.74. The number of nitrogens with one attached hydrogen (secondary N) is 1. The maximum Gasteiger partial charge on any atom is 0.00397 e. The molecular weight excluding hydrogens is 170 g/mol. The van der Waals surface area contributed by atoms with Crippen LogP contribution in [0.5, 0.6) is 0 Å². The largest absolute Gasteiger partial charge is 0.316 e. The average Bonchev–Trinajstić information content (AvgIpc) is 2.15. The van der Waals surface area contributed by atoms with E-state index in [1.54, 1.807) is 0 Å². The Kier molecular flexibility index (Phi) is 6.90. The fourth-order valence-corrected chi connectivity index (χ4v) is 2.03. The lowest BCUT2D eigenvalue weighted by Crippen LogP contribution is -2.31. The molecule has 1 N–H and O–H groups in total. The Morgan fingerprint density at radius 2 is 2.07 bits per heavy atom. The monoisotopic (exact) mass is 197 g/mol. The summed E-state index contributed by atoms with van der Waals surface area (Å²) in [4.78, 5) is 0. The van der Waals surface area contributed by atoms with E-state index in [9.17, 15) is 0 Å². The molecule has 0 rings (SSSR count). The predicted molar refractivity (Wildman–Crippen MR) is 65.5 cm³/mol. The van der Waals surface area contributed by atoms with E-state index in [1.807, 2.05) is 0 Å². The first kappa shape index (κ1) is 13.7. The van der Waals surface area contributed by atoms with Crippen molar-refractivity contribution in [1.82, 2.24) is 5.32 Å². The van der Waals surface area contributed by atoms with Crippen molar-refractivity contribution in [1.29, 1.82) is 0 Å². The van der Waals surface area contributed by atoms with Crippen LogP contribution in [0.15, 0.2) is 12.7 Å². The molecule has 1 nitrogen and oxygen atoms in total. The van der Waals surface area contributed by atoms with Gasteiger partial charge in [0.1, 0.15) is 0 Å². The first-order valence-electron chi connectivity index (χ1n) is 5.92. The maximum absolute atomic E-state index is 3.96. The van der Waals surface area contributed by atoms with Gasteiger partial charge in [-0.15, -0.1) is 6.58 Å². The minimum absolute atomic E-state index is 0.268. The number of hydrogen-bond donors (Lipinski definition) is 1. The summed E-state index contributed by atoms with van der Waals surface area (Å²) >= 11 is 0. The lowest BCUT2D eigenvalue weighted by molar-refractivity contribution is 0.296. The highest BCUT2D eigenvalue weighted by Gasteiger charge is 2.21. The molecule has 84 valence electrons. The highest BCUT2D eigenvalue weighted by Crippen LogP contribution is 2.28. The van der Waals surface area contributed by atoms with E-state index < -0.39 is 0 Å². The molecule has 14 heavy (non-hydrogen) atoms. The molecule has 0 aliphatic heterocycles. The third-order valence-corrected chi connectivity index (χ3v) is 2.87. The van der Waals surface area contributed by atoms with Gasteiger partial charge in [-0.1, -0.05) is 46.6 Å². The maximum atomic E-state index is 3.96. The highest BCUT2D eigenvalue weighted by molar-refractivity contribution is 4.93. The van der Waals surface area contributed by atoms with Crippen molar-refractivity contribution < 1.29 is 0 Å². The van der Waals surface area contributed by atoms with Gasteiger partial charge in [0.25, 0.3) is 0 Å². The summed E-state index contributed by atoms with van der Waals surface area (Å²) in [6.45, 7) is 15.1. The summed E-state index contributed by atoms with van der Waals surface area (Å²) in [5.74, 6) is 0.807. The van der Waals surface area contributed by atoms with Crippen molar-refractivity contribution in [2.45, 2.75) is 47.0 Å². The van der Waals surface area contributed by atoms with Crippen LogP contribution in [-0.2, 0) is 0 Å². The van der Waals surface area contributed by atoms with Gasteiger partial charge in [-0.25, -0.2) is 0 Å². The topological polar surface area (TPSA) is 12.0 Å². The van der Waals surface area contributed by atoms with Gasteiger partial charge in [0, 0.05) is 6.54 Å². The molecule has 0 aliphatic carbocycles. The predicted octanol–water partition coefficient (Wildman–Crippen LogP) is 3.61. The lowest BCUT2D eigenvalue weighted by atomic mass is 9.80. The molecule has 2 unspecified atom stereocenters. The summed E-state index contributed by atoms with van der Waals surface area (Å²) in [6.07, 6.45) is 5.98. The van der Waals surface area contributed by atoms with Crippen LogP contribution >= 0.6 is 0 Å². The quantitative estimate of drug-likeness (QED) is 0.586. The molecule has 0 saturated heterocycles. The average molecular weight is 197 g/mol. The molecule has 0 aromatic carbocycles. The lowest BCUT2D eigenvalue weighted by Gasteiger charge is -2.29. The molecule has 0 aliphatic rings. The van der Waals surface area contributed by atoms with Gasteiger partial charge in [-0.05, 0) is 24.3 Å². The minimum Gasteiger partial charge on any atom is -0.316 e. The van der Waals surface area contributed by atoms with E-state index in [2.05, 4.69) is 45.7 Å². The van der Waals surface area contributed by atoms with Crippen molar-refractivity contribution in [3.63, 3.8) is 0 Å². The van der Waals surface area contributed by atoms with E-state index >= 15 is 0 Å². The van der Waals surface area contributed by atoms with E-state index in [0.29, 0.717) is 0 Å². The molecule has 0 radical (unpaired) electrons. The zero-order chi connectivity index (χ0) is 11.0. The summed E-state index contributed by atoms with van der Waals surface area (Å²) in [6, 6.07) is 0. The standard InChI is InChI=1S/C13H27N/c1-6-9-12(4)10-13(5,7-2)11-14-8-3/h7,12,14H,2,6,8-11H2,1,3-5H3. The first-order chi connectivity index (χ1) is 6.58. The van der Waals surface area contributed by atoms with E-state index in [1.165, 1.54) is 19.3 Å². The van der Waals surface area contributed by atoms with Crippen molar-refractivity contribution in [3.05, 3.63) is 12.7 Å². The van der Waals surface area contributed by atoms with Crippen LogP contribution in [0.3, 0.4) is 0 Å².